The number of rotatable bonds is 7. The molecule has 1 aromatic heterocycles. The van der Waals surface area contributed by atoms with Crippen molar-refractivity contribution in [2.24, 2.45) is 5.92 Å². The molecule has 0 spiro atoms. The third-order valence-electron chi connectivity index (χ3n) is 3.99. The number of carbonyl (C=O) groups is 1. The summed E-state index contributed by atoms with van der Waals surface area (Å²) in [5.41, 5.74) is 1.13. The summed E-state index contributed by atoms with van der Waals surface area (Å²) in [4.78, 5) is 19.6. The van der Waals surface area contributed by atoms with Crippen molar-refractivity contribution in [3.8, 4) is 23.1 Å². The minimum Gasteiger partial charge on any atom is -0.490 e. The Morgan fingerprint density at radius 2 is 2.15 bits per heavy atom. The van der Waals surface area contributed by atoms with Gasteiger partial charge in [-0.15, -0.1) is 0 Å². The first-order chi connectivity index (χ1) is 12.7. The first-order valence-electron chi connectivity index (χ1n) is 8.70. The fourth-order valence-electron chi connectivity index (χ4n) is 3.06. The van der Waals surface area contributed by atoms with Crippen LogP contribution in [0.15, 0.2) is 30.5 Å². The lowest BCUT2D eigenvalue weighted by molar-refractivity contribution is 0.143. The highest BCUT2D eigenvalue weighted by Gasteiger charge is 2.29. The van der Waals surface area contributed by atoms with Crippen LogP contribution in [-0.2, 0) is 0 Å². The zero-order valence-corrected chi connectivity index (χ0v) is 16.0. The average Bonchev–Trinajstić information content (AvgIpc) is 2.58. The molecule has 2 rings (SSSR count). The highest BCUT2D eigenvalue weighted by atomic mass is 16.5. The SMILES string of the molecule is Cc1nccc(-c2ccc(OCC(C)(CC(C)C)NC(=O)O)c(C#N)c2)n1. The van der Waals surface area contributed by atoms with Gasteiger partial charge in [0.1, 0.15) is 24.3 Å². The van der Waals surface area contributed by atoms with E-state index in [4.69, 9.17) is 9.84 Å². The molecule has 1 amide bonds. The molecule has 0 aliphatic heterocycles. The summed E-state index contributed by atoms with van der Waals surface area (Å²) in [7, 11) is 0. The first kappa shape index (κ1) is 20.2. The quantitative estimate of drug-likeness (QED) is 0.770. The number of hydrogen-bond donors (Lipinski definition) is 2. The highest BCUT2D eigenvalue weighted by molar-refractivity contribution is 5.66. The monoisotopic (exact) mass is 368 g/mol. The van der Waals surface area contributed by atoms with E-state index in [1.807, 2.05) is 19.9 Å². The lowest BCUT2D eigenvalue weighted by atomic mass is 9.91. The molecular weight excluding hydrogens is 344 g/mol. The van der Waals surface area contributed by atoms with E-state index in [-0.39, 0.29) is 12.5 Å². The Morgan fingerprint density at radius 1 is 1.41 bits per heavy atom. The number of carboxylic acid groups (broad SMARTS) is 1. The van der Waals surface area contributed by atoms with Crippen molar-refractivity contribution in [2.45, 2.75) is 39.7 Å². The zero-order chi connectivity index (χ0) is 20.0. The molecule has 2 N–H and O–H groups in total. The van der Waals surface area contributed by atoms with E-state index < -0.39 is 11.6 Å². The molecule has 0 aliphatic carbocycles. The molecule has 142 valence electrons. The Balaban J connectivity index is 2.23. The lowest BCUT2D eigenvalue weighted by Gasteiger charge is -2.31. The third kappa shape index (κ3) is 5.68. The molecule has 7 nitrogen and oxygen atoms in total. The molecule has 0 bridgehead atoms. The second-order valence-corrected chi connectivity index (χ2v) is 7.19. The van der Waals surface area contributed by atoms with Crippen LogP contribution < -0.4 is 10.1 Å². The molecule has 0 saturated carbocycles. The molecule has 1 atom stereocenters. The predicted octanol–water partition coefficient (Wildman–Crippen LogP) is 3.77. The smallest absolute Gasteiger partial charge is 0.405 e. The van der Waals surface area contributed by atoms with Crippen molar-refractivity contribution in [1.82, 2.24) is 15.3 Å². The Hall–Kier alpha value is -3.14. The molecule has 7 heteroatoms. The van der Waals surface area contributed by atoms with Crippen LogP contribution in [0.25, 0.3) is 11.3 Å². The van der Waals surface area contributed by atoms with Crippen LogP contribution in [0, 0.1) is 24.2 Å². The number of hydrogen-bond acceptors (Lipinski definition) is 5. The zero-order valence-electron chi connectivity index (χ0n) is 16.0. The minimum absolute atomic E-state index is 0.123. The molecule has 1 aromatic carbocycles. The average molecular weight is 368 g/mol. The molecule has 2 aromatic rings. The van der Waals surface area contributed by atoms with Gasteiger partial charge in [-0.25, -0.2) is 14.8 Å². The van der Waals surface area contributed by atoms with Crippen LogP contribution in [0.4, 0.5) is 4.79 Å². The number of nitrogens with one attached hydrogen (secondary N) is 1. The second-order valence-electron chi connectivity index (χ2n) is 7.19. The summed E-state index contributed by atoms with van der Waals surface area (Å²) in [6.45, 7) is 7.75. The van der Waals surface area contributed by atoms with E-state index in [9.17, 15) is 10.1 Å². The Kier molecular flexibility index (Phi) is 6.35. The van der Waals surface area contributed by atoms with Gasteiger partial charge < -0.3 is 15.2 Å². The van der Waals surface area contributed by atoms with Crippen LogP contribution in [0.2, 0.25) is 0 Å². The molecule has 0 radical (unpaired) electrons. The number of amides is 1. The number of ether oxygens (including phenoxy) is 1. The summed E-state index contributed by atoms with van der Waals surface area (Å²) >= 11 is 0. The summed E-state index contributed by atoms with van der Waals surface area (Å²) in [6, 6.07) is 9.15. The van der Waals surface area contributed by atoms with E-state index in [0.717, 1.165) is 11.3 Å². The van der Waals surface area contributed by atoms with Gasteiger partial charge in [-0.05, 0) is 50.5 Å². The highest BCUT2D eigenvalue weighted by Crippen LogP contribution is 2.27. The van der Waals surface area contributed by atoms with Crippen LogP contribution >= 0.6 is 0 Å². The number of nitrogens with zero attached hydrogens (tertiary/aromatic N) is 3. The van der Waals surface area contributed by atoms with E-state index in [2.05, 4.69) is 21.4 Å². The summed E-state index contributed by atoms with van der Waals surface area (Å²) in [6.07, 6.45) is 1.18. The number of nitriles is 1. The largest absolute Gasteiger partial charge is 0.490 e. The molecule has 0 saturated heterocycles. The lowest BCUT2D eigenvalue weighted by Crippen LogP contribution is -2.50. The van der Waals surface area contributed by atoms with Gasteiger partial charge in [0.2, 0.25) is 0 Å². The number of benzene rings is 1. The topological polar surface area (TPSA) is 108 Å². The van der Waals surface area contributed by atoms with Gasteiger partial charge in [-0.3, -0.25) is 0 Å². The summed E-state index contributed by atoms with van der Waals surface area (Å²) in [5, 5.41) is 21.1. The Morgan fingerprint density at radius 3 is 2.74 bits per heavy atom. The van der Waals surface area contributed by atoms with Crippen molar-refractivity contribution < 1.29 is 14.6 Å². The maximum atomic E-state index is 11.1. The first-order valence-corrected chi connectivity index (χ1v) is 8.70. The fourth-order valence-corrected chi connectivity index (χ4v) is 3.06. The van der Waals surface area contributed by atoms with Crippen molar-refractivity contribution >= 4 is 6.09 Å². The third-order valence-corrected chi connectivity index (χ3v) is 3.99. The molecule has 27 heavy (non-hydrogen) atoms. The van der Waals surface area contributed by atoms with Gasteiger partial charge in [-0.2, -0.15) is 5.26 Å². The van der Waals surface area contributed by atoms with Crippen LogP contribution in [0.1, 0.15) is 38.6 Å². The van der Waals surface area contributed by atoms with Crippen molar-refractivity contribution in [2.75, 3.05) is 6.61 Å². The standard InChI is InChI=1S/C20H24N4O3/c1-13(2)10-20(4,24-19(25)26)12-27-18-6-5-15(9-16(18)11-21)17-7-8-22-14(3)23-17/h5-9,13,24H,10,12H2,1-4H3,(H,25,26). The number of aromatic nitrogens is 2. The minimum atomic E-state index is -1.10. The van der Waals surface area contributed by atoms with E-state index in [1.54, 1.807) is 38.2 Å². The molecule has 1 heterocycles. The van der Waals surface area contributed by atoms with Crippen LogP contribution in [0.3, 0.4) is 0 Å². The van der Waals surface area contributed by atoms with E-state index in [1.165, 1.54) is 0 Å². The van der Waals surface area contributed by atoms with E-state index in [0.29, 0.717) is 23.6 Å². The number of aryl methyl sites for hydroxylation is 1. The molecule has 0 fully saturated rings. The van der Waals surface area contributed by atoms with Crippen molar-refractivity contribution in [3.05, 3.63) is 41.9 Å². The maximum absolute atomic E-state index is 11.1. The van der Waals surface area contributed by atoms with Crippen molar-refractivity contribution in [1.29, 1.82) is 5.26 Å². The van der Waals surface area contributed by atoms with Gasteiger partial charge in [0.15, 0.2) is 0 Å². The second kappa shape index (κ2) is 8.49. The molecular formula is C20H24N4O3. The summed E-state index contributed by atoms with van der Waals surface area (Å²) in [5.74, 6) is 1.34. The van der Waals surface area contributed by atoms with Gasteiger partial charge >= 0.3 is 6.09 Å². The van der Waals surface area contributed by atoms with Crippen LogP contribution in [0.5, 0.6) is 5.75 Å². The molecule has 0 aliphatic rings. The Bertz CT molecular complexity index is 861. The van der Waals surface area contributed by atoms with Gasteiger partial charge in [0.25, 0.3) is 0 Å². The van der Waals surface area contributed by atoms with Crippen molar-refractivity contribution in [3.63, 3.8) is 0 Å². The predicted molar refractivity (Wildman–Crippen MR) is 101 cm³/mol. The fraction of sp³-hybridized carbons (Fsp3) is 0.400. The maximum Gasteiger partial charge on any atom is 0.405 e. The normalized spacial score (nSPS) is 12.9. The van der Waals surface area contributed by atoms with Gasteiger partial charge in [0.05, 0.1) is 16.8 Å². The van der Waals surface area contributed by atoms with Gasteiger partial charge in [-0.1, -0.05) is 13.8 Å². The summed E-state index contributed by atoms with van der Waals surface area (Å²) < 4.78 is 5.83. The molecule has 1 unspecified atom stereocenters. The van der Waals surface area contributed by atoms with E-state index >= 15 is 0 Å². The Labute approximate surface area is 159 Å². The van der Waals surface area contributed by atoms with Gasteiger partial charge in [0, 0.05) is 11.8 Å². The van der Waals surface area contributed by atoms with Crippen LogP contribution in [-0.4, -0.2) is 33.3 Å².